The molecule has 1 aliphatic heterocycles. The van der Waals surface area contributed by atoms with Crippen LogP contribution in [0.25, 0.3) is 0 Å². The molecule has 0 aromatic heterocycles. The lowest BCUT2D eigenvalue weighted by Crippen LogP contribution is -2.49. The van der Waals surface area contributed by atoms with Crippen molar-refractivity contribution in [2.24, 2.45) is 5.92 Å². The van der Waals surface area contributed by atoms with Crippen LogP contribution in [0.1, 0.15) is 15.9 Å². The van der Waals surface area contributed by atoms with Gasteiger partial charge in [-0.3, -0.25) is 9.59 Å². The second kappa shape index (κ2) is 8.16. The van der Waals surface area contributed by atoms with Crippen LogP contribution in [0.4, 0.5) is 13.2 Å². The lowest BCUT2D eigenvalue weighted by molar-refractivity contribution is -0.137. The molecule has 23 heavy (non-hydrogen) atoms. The van der Waals surface area contributed by atoms with Crippen LogP contribution >= 0.6 is 12.4 Å². The molecule has 0 atom stereocenters. The molecule has 128 valence electrons. The molecule has 1 aromatic rings. The van der Waals surface area contributed by atoms with Gasteiger partial charge in [-0.15, -0.1) is 12.4 Å². The Morgan fingerprint density at radius 1 is 1.17 bits per heavy atom. The van der Waals surface area contributed by atoms with Crippen molar-refractivity contribution in [1.82, 2.24) is 16.0 Å². The molecule has 0 spiro atoms. The SMILES string of the molecule is Cl.O=C(CNC(=O)c1ccccc1C(F)(F)F)NCC1CNC1. The third-order valence-electron chi connectivity index (χ3n) is 3.34. The lowest BCUT2D eigenvalue weighted by Gasteiger charge is -2.27. The van der Waals surface area contributed by atoms with Crippen molar-refractivity contribution in [1.29, 1.82) is 0 Å². The van der Waals surface area contributed by atoms with E-state index in [1.807, 2.05) is 0 Å². The second-order valence-corrected chi connectivity index (χ2v) is 5.05. The van der Waals surface area contributed by atoms with Crippen LogP contribution in [0, 0.1) is 5.92 Å². The van der Waals surface area contributed by atoms with Crippen LogP contribution in [0.3, 0.4) is 0 Å². The zero-order valence-corrected chi connectivity index (χ0v) is 12.9. The van der Waals surface area contributed by atoms with Gasteiger partial charge in [0.05, 0.1) is 17.7 Å². The molecule has 0 saturated carbocycles. The van der Waals surface area contributed by atoms with Gasteiger partial charge >= 0.3 is 6.18 Å². The third kappa shape index (κ3) is 5.40. The van der Waals surface area contributed by atoms with E-state index in [1.54, 1.807) is 0 Å². The number of carbonyl (C=O) groups excluding carboxylic acids is 2. The molecule has 5 nitrogen and oxygen atoms in total. The Bertz CT molecular complexity index is 562. The molecular weight excluding hydrogens is 335 g/mol. The predicted molar refractivity (Wildman–Crippen MR) is 80.4 cm³/mol. The normalized spacial score (nSPS) is 14.4. The van der Waals surface area contributed by atoms with E-state index in [1.165, 1.54) is 12.1 Å². The fraction of sp³-hybridized carbons (Fsp3) is 0.429. The summed E-state index contributed by atoms with van der Waals surface area (Å²) in [4.78, 5) is 23.4. The van der Waals surface area contributed by atoms with E-state index in [0.29, 0.717) is 12.5 Å². The van der Waals surface area contributed by atoms with Crippen LogP contribution in [0.2, 0.25) is 0 Å². The minimum Gasteiger partial charge on any atom is -0.354 e. The van der Waals surface area contributed by atoms with Crippen LogP contribution in [0.15, 0.2) is 24.3 Å². The largest absolute Gasteiger partial charge is 0.417 e. The smallest absolute Gasteiger partial charge is 0.354 e. The first-order chi connectivity index (χ1) is 10.4. The lowest BCUT2D eigenvalue weighted by atomic mass is 10.0. The summed E-state index contributed by atoms with van der Waals surface area (Å²) >= 11 is 0. The number of hydrogen-bond donors (Lipinski definition) is 3. The van der Waals surface area contributed by atoms with Crippen LogP contribution in [0.5, 0.6) is 0 Å². The zero-order valence-electron chi connectivity index (χ0n) is 12.1. The molecule has 0 radical (unpaired) electrons. The van der Waals surface area contributed by atoms with Gasteiger partial charge in [-0.05, 0) is 12.1 Å². The quantitative estimate of drug-likeness (QED) is 0.746. The molecule has 9 heteroatoms. The number of carbonyl (C=O) groups is 2. The van der Waals surface area contributed by atoms with Gasteiger partial charge in [-0.1, -0.05) is 12.1 Å². The second-order valence-electron chi connectivity index (χ2n) is 5.05. The summed E-state index contributed by atoms with van der Waals surface area (Å²) in [7, 11) is 0. The molecule has 0 unspecified atom stereocenters. The third-order valence-corrected chi connectivity index (χ3v) is 3.34. The topological polar surface area (TPSA) is 70.2 Å². The van der Waals surface area contributed by atoms with Crippen molar-refractivity contribution in [3.8, 4) is 0 Å². The minimum absolute atomic E-state index is 0. The first kappa shape index (κ1) is 19.2. The molecule has 1 aromatic carbocycles. The number of amides is 2. The van der Waals surface area contributed by atoms with Crippen LogP contribution < -0.4 is 16.0 Å². The van der Waals surface area contributed by atoms with Crippen molar-refractivity contribution >= 4 is 24.2 Å². The molecule has 2 amide bonds. The van der Waals surface area contributed by atoms with Gasteiger partial charge in [0.2, 0.25) is 5.91 Å². The maximum absolute atomic E-state index is 12.8. The highest BCUT2D eigenvalue weighted by atomic mass is 35.5. The number of halogens is 4. The van der Waals surface area contributed by atoms with Gasteiger partial charge in [-0.25, -0.2) is 0 Å². The average Bonchev–Trinajstić information content (AvgIpc) is 2.42. The van der Waals surface area contributed by atoms with Crippen molar-refractivity contribution in [2.75, 3.05) is 26.2 Å². The molecule has 0 aliphatic carbocycles. The number of hydrogen-bond acceptors (Lipinski definition) is 3. The summed E-state index contributed by atoms with van der Waals surface area (Å²) in [6.45, 7) is 1.78. The predicted octanol–water partition coefficient (Wildman–Crippen LogP) is 1.19. The Morgan fingerprint density at radius 2 is 1.83 bits per heavy atom. The minimum atomic E-state index is -4.62. The summed E-state index contributed by atoms with van der Waals surface area (Å²) in [5, 5.41) is 7.87. The van der Waals surface area contributed by atoms with Gasteiger partial charge in [0, 0.05) is 25.6 Å². The highest BCUT2D eigenvalue weighted by molar-refractivity contribution is 5.97. The van der Waals surface area contributed by atoms with Crippen LogP contribution in [-0.4, -0.2) is 38.0 Å². The van der Waals surface area contributed by atoms with Crippen molar-refractivity contribution in [3.63, 3.8) is 0 Å². The maximum Gasteiger partial charge on any atom is 0.417 e. The van der Waals surface area contributed by atoms with Crippen molar-refractivity contribution in [3.05, 3.63) is 35.4 Å². The maximum atomic E-state index is 12.8. The molecule has 1 heterocycles. The number of rotatable bonds is 5. The summed E-state index contributed by atoms with van der Waals surface area (Å²) in [6, 6.07) is 4.46. The van der Waals surface area contributed by atoms with E-state index in [9.17, 15) is 22.8 Å². The Morgan fingerprint density at radius 3 is 2.39 bits per heavy atom. The number of benzene rings is 1. The van der Waals surface area contributed by atoms with E-state index in [0.717, 1.165) is 25.2 Å². The summed E-state index contributed by atoms with van der Waals surface area (Å²) in [5.74, 6) is -0.983. The Hall–Kier alpha value is -1.80. The average molecular weight is 352 g/mol. The molecule has 0 bridgehead atoms. The highest BCUT2D eigenvalue weighted by Gasteiger charge is 2.34. The molecule has 3 N–H and O–H groups in total. The summed E-state index contributed by atoms with van der Waals surface area (Å²) in [5.41, 5.74) is -1.51. The van der Waals surface area contributed by atoms with Gasteiger partial charge in [0.25, 0.3) is 5.91 Å². The number of alkyl halides is 3. The van der Waals surface area contributed by atoms with E-state index in [4.69, 9.17) is 0 Å². The fourth-order valence-corrected chi connectivity index (χ4v) is 2.00. The number of nitrogens with one attached hydrogen (secondary N) is 3. The Kier molecular flexibility index (Phi) is 6.83. The first-order valence-electron chi connectivity index (χ1n) is 6.80. The van der Waals surface area contributed by atoms with Gasteiger partial charge in [0.15, 0.2) is 0 Å². The van der Waals surface area contributed by atoms with Crippen LogP contribution in [-0.2, 0) is 11.0 Å². The van der Waals surface area contributed by atoms with Gasteiger partial charge in [-0.2, -0.15) is 13.2 Å². The van der Waals surface area contributed by atoms with Crippen molar-refractivity contribution < 1.29 is 22.8 Å². The summed E-state index contributed by atoms with van der Waals surface area (Å²) < 4.78 is 38.4. The Labute approximate surface area is 137 Å². The molecule has 1 saturated heterocycles. The van der Waals surface area contributed by atoms with E-state index in [2.05, 4.69) is 16.0 Å². The monoisotopic (exact) mass is 351 g/mol. The van der Waals surface area contributed by atoms with Crippen molar-refractivity contribution in [2.45, 2.75) is 6.18 Å². The van der Waals surface area contributed by atoms with Gasteiger partial charge < -0.3 is 16.0 Å². The fourth-order valence-electron chi connectivity index (χ4n) is 2.00. The molecular formula is C14H17ClF3N3O2. The molecule has 1 fully saturated rings. The van der Waals surface area contributed by atoms with E-state index < -0.39 is 29.1 Å². The molecule has 2 rings (SSSR count). The van der Waals surface area contributed by atoms with Gasteiger partial charge in [0.1, 0.15) is 0 Å². The van der Waals surface area contributed by atoms with E-state index in [-0.39, 0.29) is 19.0 Å². The van der Waals surface area contributed by atoms with E-state index >= 15 is 0 Å². The summed E-state index contributed by atoms with van der Waals surface area (Å²) in [6.07, 6.45) is -4.62. The standard InChI is InChI=1S/C14H16F3N3O2.ClH/c15-14(16,17)11-4-2-1-3-10(11)13(22)20-8-12(21)19-7-9-5-18-6-9;/h1-4,9,18H,5-8H2,(H,19,21)(H,20,22);1H. The first-order valence-corrected chi connectivity index (χ1v) is 6.80. The molecule has 1 aliphatic rings. The zero-order chi connectivity index (χ0) is 16.2. The Balaban J connectivity index is 0.00000264. The highest BCUT2D eigenvalue weighted by Crippen LogP contribution is 2.31.